The first-order chi connectivity index (χ1) is 10.8. The maximum Gasteiger partial charge on any atom is 0.355 e. The minimum Gasteiger partial charge on any atom is -0.453 e. The first-order valence-corrected chi connectivity index (χ1v) is 6.25. The Kier molecular flexibility index (Phi) is 4.49. The van der Waals surface area contributed by atoms with E-state index >= 15 is 0 Å². The number of rotatable bonds is 5. The highest BCUT2D eigenvalue weighted by atomic mass is 19.2. The highest BCUT2D eigenvalue weighted by Crippen LogP contribution is 2.16. The Morgan fingerprint density at radius 1 is 1.26 bits per heavy atom. The molecule has 0 aliphatic heterocycles. The summed E-state index contributed by atoms with van der Waals surface area (Å²) in [7, 11) is 1.40. The van der Waals surface area contributed by atoms with Crippen LogP contribution in [0, 0.1) is 21.7 Å². The van der Waals surface area contributed by atoms with Crippen molar-refractivity contribution in [3.05, 3.63) is 63.5 Å². The molecule has 1 aromatic carbocycles. The normalized spacial score (nSPS) is 10.4. The summed E-state index contributed by atoms with van der Waals surface area (Å²) in [6.07, 6.45) is 1.12. The third-order valence-corrected chi connectivity index (χ3v) is 2.99. The van der Waals surface area contributed by atoms with Crippen molar-refractivity contribution in [2.45, 2.75) is 0 Å². The molecular formula is C14H10F2N2O5. The molecule has 0 saturated heterocycles. The Morgan fingerprint density at radius 3 is 2.52 bits per heavy atom. The molecule has 2 aromatic rings. The average Bonchev–Trinajstić information content (AvgIpc) is 2.89. The first-order valence-electron chi connectivity index (χ1n) is 6.25. The summed E-state index contributed by atoms with van der Waals surface area (Å²) in [4.78, 5) is 33.5. The van der Waals surface area contributed by atoms with Gasteiger partial charge in [0.1, 0.15) is 5.69 Å². The molecule has 0 N–H and O–H groups in total. The van der Waals surface area contributed by atoms with Crippen molar-refractivity contribution in [2.24, 2.45) is 7.05 Å². The number of nitrogens with zero attached hydrogens (tertiary/aromatic N) is 2. The van der Waals surface area contributed by atoms with Gasteiger partial charge in [-0.25, -0.2) is 13.6 Å². The molecule has 1 aromatic heterocycles. The van der Waals surface area contributed by atoms with Crippen LogP contribution in [0.1, 0.15) is 20.8 Å². The van der Waals surface area contributed by atoms with Crippen LogP contribution in [-0.2, 0) is 11.8 Å². The number of hydrogen-bond acceptors (Lipinski definition) is 5. The number of ketones is 1. The zero-order chi connectivity index (χ0) is 17.1. The summed E-state index contributed by atoms with van der Waals surface area (Å²) in [6.45, 7) is -0.705. The summed E-state index contributed by atoms with van der Waals surface area (Å²) in [6, 6.07) is 3.54. The van der Waals surface area contributed by atoms with Crippen LogP contribution in [-0.4, -0.2) is 27.8 Å². The molecule has 9 heteroatoms. The smallest absolute Gasteiger partial charge is 0.355 e. The topological polar surface area (TPSA) is 91.4 Å². The van der Waals surface area contributed by atoms with E-state index in [0.29, 0.717) is 6.07 Å². The maximum atomic E-state index is 13.0. The van der Waals surface area contributed by atoms with Crippen molar-refractivity contribution in [1.29, 1.82) is 0 Å². The predicted octanol–water partition coefficient (Wildman–Crippen LogP) is 2.25. The van der Waals surface area contributed by atoms with Crippen LogP contribution >= 0.6 is 0 Å². The van der Waals surface area contributed by atoms with Crippen molar-refractivity contribution in [2.75, 3.05) is 6.61 Å². The Hall–Kier alpha value is -3.10. The molecular weight excluding hydrogens is 314 g/mol. The number of carbonyl (C=O) groups is 2. The zero-order valence-electron chi connectivity index (χ0n) is 11.8. The van der Waals surface area contributed by atoms with E-state index in [4.69, 9.17) is 4.74 Å². The second-order valence-electron chi connectivity index (χ2n) is 4.58. The van der Waals surface area contributed by atoms with Crippen LogP contribution in [0.4, 0.5) is 14.5 Å². The van der Waals surface area contributed by atoms with Gasteiger partial charge in [-0.3, -0.25) is 14.9 Å². The summed E-state index contributed by atoms with van der Waals surface area (Å²) in [5, 5.41) is 10.6. The molecule has 0 fully saturated rings. The van der Waals surface area contributed by atoms with Crippen LogP contribution in [0.3, 0.4) is 0 Å². The number of nitro groups is 1. The Morgan fingerprint density at radius 2 is 1.96 bits per heavy atom. The van der Waals surface area contributed by atoms with Crippen molar-refractivity contribution >= 4 is 17.4 Å². The molecule has 0 spiro atoms. The second-order valence-corrected chi connectivity index (χ2v) is 4.58. The van der Waals surface area contributed by atoms with Crippen LogP contribution in [0.15, 0.2) is 30.5 Å². The number of halogens is 2. The van der Waals surface area contributed by atoms with Crippen LogP contribution in [0.5, 0.6) is 0 Å². The van der Waals surface area contributed by atoms with Gasteiger partial charge in [-0.15, -0.1) is 0 Å². The van der Waals surface area contributed by atoms with Gasteiger partial charge in [0.2, 0.25) is 0 Å². The molecule has 0 atom stereocenters. The summed E-state index contributed by atoms with van der Waals surface area (Å²) in [5.74, 6) is -3.98. The highest BCUT2D eigenvalue weighted by molar-refractivity contribution is 5.99. The number of Topliss-reactive ketones (excluding diaryl/α,β-unsaturated/α-hetero) is 1. The molecule has 0 aliphatic rings. The summed E-state index contributed by atoms with van der Waals surface area (Å²) < 4.78 is 31.7. The quantitative estimate of drug-likeness (QED) is 0.364. The summed E-state index contributed by atoms with van der Waals surface area (Å²) >= 11 is 0. The Labute approximate surface area is 128 Å². The molecule has 2 rings (SSSR count). The van der Waals surface area contributed by atoms with Gasteiger partial charge in [-0.2, -0.15) is 0 Å². The van der Waals surface area contributed by atoms with E-state index in [0.717, 1.165) is 24.4 Å². The molecule has 0 amide bonds. The minimum atomic E-state index is -1.19. The molecule has 1 heterocycles. The van der Waals surface area contributed by atoms with E-state index in [1.807, 2.05) is 0 Å². The first kappa shape index (κ1) is 16.3. The van der Waals surface area contributed by atoms with Gasteiger partial charge in [0.15, 0.2) is 24.0 Å². The minimum absolute atomic E-state index is 0.116. The second kappa shape index (κ2) is 6.34. The molecule has 0 radical (unpaired) electrons. The van der Waals surface area contributed by atoms with Crippen LogP contribution in [0.2, 0.25) is 0 Å². The monoisotopic (exact) mass is 324 g/mol. The van der Waals surface area contributed by atoms with E-state index < -0.39 is 34.9 Å². The standard InChI is InChI=1S/C14H10F2N2O5/c1-17-6-9(18(21)22)5-12(17)14(20)23-7-13(19)8-2-3-10(15)11(16)4-8/h2-6H,7H2,1H3. The number of ether oxygens (including phenoxy) is 1. The SMILES string of the molecule is Cn1cc([N+](=O)[O-])cc1C(=O)OCC(=O)c1ccc(F)c(F)c1. The van der Waals surface area contributed by atoms with E-state index in [1.54, 1.807) is 0 Å². The molecule has 120 valence electrons. The molecule has 0 saturated carbocycles. The van der Waals surface area contributed by atoms with Gasteiger partial charge in [-0.1, -0.05) is 0 Å². The van der Waals surface area contributed by atoms with Gasteiger partial charge in [-0.05, 0) is 18.2 Å². The van der Waals surface area contributed by atoms with Gasteiger partial charge < -0.3 is 9.30 Å². The zero-order valence-corrected chi connectivity index (χ0v) is 11.8. The number of hydrogen-bond donors (Lipinski definition) is 0. The lowest BCUT2D eigenvalue weighted by atomic mass is 10.1. The van der Waals surface area contributed by atoms with Crippen LogP contribution < -0.4 is 0 Å². The lowest BCUT2D eigenvalue weighted by Gasteiger charge is -2.05. The number of aromatic nitrogens is 1. The fourth-order valence-electron chi connectivity index (χ4n) is 1.81. The predicted molar refractivity (Wildman–Crippen MR) is 73.0 cm³/mol. The number of benzene rings is 1. The van der Waals surface area contributed by atoms with Crippen molar-refractivity contribution in [3.63, 3.8) is 0 Å². The molecule has 0 aliphatic carbocycles. The van der Waals surface area contributed by atoms with Gasteiger partial charge >= 0.3 is 5.97 Å². The average molecular weight is 324 g/mol. The van der Waals surface area contributed by atoms with E-state index in [2.05, 4.69) is 0 Å². The maximum absolute atomic E-state index is 13.0. The Bertz CT molecular complexity index is 800. The highest BCUT2D eigenvalue weighted by Gasteiger charge is 2.20. The lowest BCUT2D eigenvalue weighted by Crippen LogP contribution is -2.16. The van der Waals surface area contributed by atoms with Gasteiger partial charge in [0, 0.05) is 18.7 Å². The fraction of sp³-hybridized carbons (Fsp3) is 0.143. The van der Waals surface area contributed by atoms with Crippen molar-refractivity contribution in [1.82, 2.24) is 4.57 Å². The largest absolute Gasteiger partial charge is 0.453 e. The Balaban J connectivity index is 2.05. The fourth-order valence-corrected chi connectivity index (χ4v) is 1.81. The third kappa shape index (κ3) is 3.57. The van der Waals surface area contributed by atoms with E-state index in [-0.39, 0.29) is 16.9 Å². The third-order valence-electron chi connectivity index (χ3n) is 2.99. The van der Waals surface area contributed by atoms with Crippen molar-refractivity contribution in [3.8, 4) is 0 Å². The van der Waals surface area contributed by atoms with E-state index in [1.165, 1.54) is 11.6 Å². The van der Waals surface area contributed by atoms with E-state index in [9.17, 15) is 28.5 Å². The molecule has 23 heavy (non-hydrogen) atoms. The number of carbonyl (C=O) groups excluding carboxylic acids is 2. The van der Waals surface area contributed by atoms with Crippen molar-refractivity contribution < 1.29 is 28.0 Å². The summed E-state index contributed by atoms with van der Waals surface area (Å²) in [5.41, 5.74) is -0.573. The molecule has 7 nitrogen and oxygen atoms in total. The number of esters is 1. The lowest BCUT2D eigenvalue weighted by molar-refractivity contribution is -0.384. The molecule has 0 bridgehead atoms. The molecule has 0 unspecified atom stereocenters. The number of aryl methyl sites for hydroxylation is 1. The van der Waals surface area contributed by atoms with Crippen LogP contribution in [0.25, 0.3) is 0 Å². The van der Waals surface area contributed by atoms with Gasteiger partial charge in [0.05, 0.1) is 11.1 Å². The van der Waals surface area contributed by atoms with Gasteiger partial charge in [0.25, 0.3) is 5.69 Å².